The summed E-state index contributed by atoms with van der Waals surface area (Å²) in [5, 5.41) is 23.1. The molecule has 0 amide bonds. The summed E-state index contributed by atoms with van der Waals surface area (Å²) in [6.07, 6.45) is -1.60. The predicted molar refractivity (Wildman–Crippen MR) is 113 cm³/mol. The monoisotopic (exact) mass is 417 g/mol. The van der Waals surface area contributed by atoms with E-state index in [1.165, 1.54) is 23.2 Å². The van der Waals surface area contributed by atoms with Gasteiger partial charge < -0.3 is 24.8 Å². The maximum atomic E-state index is 12.8. The molecule has 3 rings (SSSR count). The fourth-order valence-electron chi connectivity index (χ4n) is 3.16. The van der Waals surface area contributed by atoms with Gasteiger partial charge in [0.15, 0.2) is 11.2 Å². The van der Waals surface area contributed by atoms with Crippen molar-refractivity contribution in [3.05, 3.63) is 50.7 Å². The van der Waals surface area contributed by atoms with Crippen LogP contribution >= 0.6 is 0 Å². The third kappa shape index (κ3) is 4.39. The number of ether oxygens (including phenoxy) is 1. The summed E-state index contributed by atoms with van der Waals surface area (Å²) in [6.45, 7) is 3.76. The van der Waals surface area contributed by atoms with Crippen LogP contribution in [-0.2, 0) is 20.6 Å². The number of aliphatic hydroxyl groups is 2. The number of imidazole rings is 1. The number of anilines is 1. The molecular formula is C20H27N5O5. The lowest BCUT2D eigenvalue weighted by Crippen LogP contribution is -2.38. The Morgan fingerprint density at radius 3 is 2.60 bits per heavy atom. The van der Waals surface area contributed by atoms with Gasteiger partial charge in [-0.1, -0.05) is 12.1 Å². The second-order valence-electron chi connectivity index (χ2n) is 7.44. The number of fused-ring (bicyclic) bond motifs is 1. The second-order valence-corrected chi connectivity index (χ2v) is 7.44. The van der Waals surface area contributed by atoms with E-state index in [1.807, 2.05) is 25.1 Å². The van der Waals surface area contributed by atoms with E-state index in [-0.39, 0.29) is 36.8 Å². The highest BCUT2D eigenvalue weighted by molar-refractivity contribution is 5.74. The van der Waals surface area contributed by atoms with Crippen molar-refractivity contribution >= 4 is 17.1 Å². The first-order valence-corrected chi connectivity index (χ1v) is 9.64. The Bertz CT molecular complexity index is 1160. The predicted octanol–water partition coefficient (Wildman–Crippen LogP) is -0.0253. The molecule has 3 N–H and O–H groups in total. The topological polar surface area (TPSA) is 124 Å². The van der Waals surface area contributed by atoms with E-state index in [0.29, 0.717) is 5.75 Å². The molecule has 0 saturated carbocycles. The molecule has 0 radical (unpaired) electrons. The van der Waals surface area contributed by atoms with E-state index in [4.69, 9.17) is 4.74 Å². The van der Waals surface area contributed by atoms with E-state index in [0.717, 1.165) is 10.1 Å². The number of aromatic nitrogens is 4. The molecule has 0 aliphatic carbocycles. The molecule has 2 atom stereocenters. The molecule has 0 aliphatic rings. The van der Waals surface area contributed by atoms with Gasteiger partial charge in [0.1, 0.15) is 18.5 Å². The fourth-order valence-corrected chi connectivity index (χ4v) is 3.16. The summed E-state index contributed by atoms with van der Waals surface area (Å²) in [7, 11) is 2.92. The minimum atomic E-state index is -0.947. The minimum absolute atomic E-state index is 0.00501. The Balaban J connectivity index is 1.94. The standard InChI is InChI=1S/C20H27N5O5/c1-12-6-5-7-15(8-12)30-11-14(27)10-25-16-17(22-19(25)21-9-13(2)26)23(3)20(29)24(4)18(16)28/h5-8,13-14,26-27H,9-11H2,1-4H3,(H,21,22)/t13-,14-/m1/s1. The van der Waals surface area contributed by atoms with E-state index >= 15 is 0 Å². The zero-order valence-electron chi connectivity index (χ0n) is 17.5. The van der Waals surface area contributed by atoms with Crippen LogP contribution in [0.2, 0.25) is 0 Å². The Hall–Kier alpha value is -3.11. The molecule has 3 aromatic rings. The first-order chi connectivity index (χ1) is 14.2. The molecule has 2 heterocycles. The van der Waals surface area contributed by atoms with Crippen molar-refractivity contribution in [3.8, 4) is 5.75 Å². The number of nitrogens with zero attached hydrogens (tertiary/aromatic N) is 4. The number of hydrogen-bond donors (Lipinski definition) is 3. The van der Waals surface area contributed by atoms with Crippen molar-refractivity contribution in [1.82, 2.24) is 18.7 Å². The quantitative estimate of drug-likeness (QED) is 0.470. The largest absolute Gasteiger partial charge is 0.491 e. The van der Waals surface area contributed by atoms with Crippen molar-refractivity contribution in [3.63, 3.8) is 0 Å². The molecule has 0 bridgehead atoms. The summed E-state index contributed by atoms with van der Waals surface area (Å²) in [5.41, 5.74) is 0.405. The molecule has 0 spiro atoms. The highest BCUT2D eigenvalue weighted by atomic mass is 16.5. The van der Waals surface area contributed by atoms with Gasteiger partial charge in [0.05, 0.1) is 12.6 Å². The van der Waals surface area contributed by atoms with E-state index in [1.54, 1.807) is 13.0 Å². The number of benzene rings is 1. The summed E-state index contributed by atoms with van der Waals surface area (Å²) in [5.74, 6) is 0.911. The molecular weight excluding hydrogens is 390 g/mol. The zero-order valence-corrected chi connectivity index (χ0v) is 17.5. The molecule has 10 nitrogen and oxygen atoms in total. The fraction of sp³-hybridized carbons (Fsp3) is 0.450. The molecule has 0 fully saturated rings. The van der Waals surface area contributed by atoms with Crippen LogP contribution in [0.3, 0.4) is 0 Å². The van der Waals surface area contributed by atoms with Gasteiger partial charge in [0.25, 0.3) is 5.56 Å². The Labute approximate surface area is 173 Å². The molecule has 30 heavy (non-hydrogen) atoms. The summed E-state index contributed by atoms with van der Waals surface area (Å²) in [4.78, 5) is 29.4. The highest BCUT2D eigenvalue weighted by Gasteiger charge is 2.21. The van der Waals surface area contributed by atoms with Gasteiger partial charge in [-0.25, -0.2) is 4.79 Å². The average Bonchev–Trinajstić information content (AvgIpc) is 3.06. The van der Waals surface area contributed by atoms with E-state index < -0.39 is 23.5 Å². The molecule has 0 aliphatic heterocycles. The summed E-state index contributed by atoms with van der Waals surface area (Å²) < 4.78 is 9.45. The van der Waals surface area contributed by atoms with Crippen molar-refractivity contribution in [1.29, 1.82) is 0 Å². The van der Waals surface area contributed by atoms with Crippen molar-refractivity contribution in [2.24, 2.45) is 14.1 Å². The number of rotatable bonds is 8. The van der Waals surface area contributed by atoms with Crippen molar-refractivity contribution < 1.29 is 14.9 Å². The number of nitrogens with one attached hydrogen (secondary N) is 1. The van der Waals surface area contributed by atoms with Gasteiger partial charge in [-0.2, -0.15) is 4.98 Å². The van der Waals surface area contributed by atoms with Crippen LogP contribution in [0.25, 0.3) is 11.2 Å². The van der Waals surface area contributed by atoms with Crippen LogP contribution in [0.5, 0.6) is 5.75 Å². The third-order valence-electron chi connectivity index (χ3n) is 4.73. The van der Waals surface area contributed by atoms with E-state index in [9.17, 15) is 19.8 Å². The molecule has 2 aromatic heterocycles. The Morgan fingerprint density at radius 2 is 1.93 bits per heavy atom. The van der Waals surface area contributed by atoms with Crippen LogP contribution < -0.4 is 21.3 Å². The normalized spacial score (nSPS) is 13.4. The second kappa shape index (κ2) is 8.72. The highest BCUT2D eigenvalue weighted by Crippen LogP contribution is 2.17. The lowest BCUT2D eigenvalue weighted by molar-refractivity contribution is 0.0937. The average molecular weight is 417 g/mol. The van der Waals surface area contributed by atoms with Gasteiger partial charge in [-0.05, 0) is 31.5 Å². The molecule has 0 saturated heterocycles. The maximum absolute atomic E-state index is 12.8. The van der Waals surface area contributed by atoms with Crippen LogP contribution in [0.4, 0.5) is 5.95 Å². The number of aryl methyl sites for hydroxylation is 2. The minimum Gasteiger partial charge on any atom is -0.491 e. The van der Waals surface area contributed by atoms with Crippen LogP contribution in [-0.4, -0.2) is 54.3 Å². The van der Waals surface area contributed by atoms with Crippen molar-refractivity contribution in [2.45, 2.75) is 32.6 Å². The van der Waals surface area contributed by atoms with Gasteiger partial charge in [-0.3, -0.25) is 13.9 Å². The van der Waals surface area contributed by atoms with E-state index in [2.05, 4.69) is 10.3 Å². The molecule has 0 unspecified atom stereocenters. The molecule has 1 aromatic carbocycles. The lowest BCUT2D eigenvalue weighted by atomic mass is 10.2. The molecule has 10 heteroatoms. The van der Waals surface area contributed by atoms with Gasteiger partial charge in [0, 0.05) is 20.6 Å². The zero-order chi connectivity index (χ0) is 22.0. The maximum Gasteiger partial charge on any atom is 0.332 e. The third-order valence-corrected chi connectivity index (χ3v) is 4.73. The van der Waals surface area contributed by atoms with Gasteiger partial charge >= 0.3 is 5.69 Å². The van der Waals surface area contributed by atoms with Crippen LogP contribution in [0.1, 0.15) is 12.5 Å². The van der Waals surface area contributed by atoms with Crippen LogP contribution in [0.15, 0.2) is 33.9 Å². The first kappa shape index (κ1) is 21.6. The van der Waals surface area contributed by atoms with Gasteiger partial charge in [-0.15, -0.1) is 0 Å². The number of aliphatic hydroxyl groups excluding tert-OH is 2. The first-order valence-electron chi connectivity index (χ1n) is 9.64. The van der Waals surface area contributed by atoms with Gasteiger partial charge in [0.2, 0.25) is 5.95 Å². The van der Waals surface area contributed by atoms with Crippen LogP contribution in [0, 0.1) is 6.92 Å². The SMILES string of the molecule is Cc1cccc(OC[C@H](O)Cn2c(NC[C@@H](C)O)nc3c2c(=O)n(C)c(=O)n3C)c1. The lowest BCUT2D eigenvalue weighted by Gasteiger charge is -2.16. The Morgan fingerprint density at radius 1 is 1.20 bits per heavy atom. The smallest absolute Gasteiger partial charge is 0.332 e. The summed E-state index contributed by atoms with van der Waals surface area (Å²) >= 11 is 0. The van der Waals surface area contributed by atoms with Crippen molar-refractivity contribution in [2.75, 3.05) is 18.5 Å². The molecule has 162 valence electrons. The Kier molecular flexibility index (Phi) is 6.28. The number of hydrogen-bond acceptors (Lipinski definition) is 7. The summed E-state index contributed by atoms with van der Waals surface area (Å²) in [6, 6.07) is 7.47.